The summed E-state index contributed by atoms with van der Waals surface area (Å²) in [6, 6.07) is 12.3. The molecule has 0 atom stereocenters. The summed E-state index contributed by atoms with van der Waals surface area (Å²) in [5.41, 5.74) is 4.33. The fraction of sp³-hybridized carbons (Fsp3) is 0.292. The number of carbonyl (C=O) groups excluding carboxylic acids is 2. The molecule has 0 saturated carbocycles. The summed E-state index contributed by atoms with van der Waals surface area (Å²) < 4.78 is 0. The van der Waals surface area contributed by atoms with Crippen LogP contribution in [0.2, 0.25) is 0 Å². The highest BCUT2D eigenvalue weighted by molar-refractivity contribution is 5.93. The largest absolute Gasteiger partial charge is 0.339 e. The minimum Gasteiger partial charge on any atom is -0.339 e. The van der Waals surface area contributed by atoms with Gasteiger partial charge in [0.25, 0.3) is 0 Å². The molecule has 2 aliphatic rings. The van der Waals surface area contributed by atoms with Gasteiger partial charge in [0.1, 0.15) is 5.82 Å². The highest BCUT2D eigenvalue weighted by atomic mass is 16.2. The molecule has 1 N–H and O–H groups in total. The first-order chi connectivity index (χ1) is 14.6. The Morgan fingerprint density at radius 1 is 1.17 bits per heavy atom. The molecule has 30 heavy (non-hydrogen) atoms. The van der Waals surface area contributed by atoms with E-state index in [1.54, 1.807) is 18.3 Å². The zero-order valence-corrected chi connectivity index (χ0v) is 17.2. The van der Waals surface area contributed by atoms with E-state index in [9.17, 15) is 9.59 Å². The number of hydrogen-bond acceptors (Lipinski definition) is 4. The molecule has 1 aromatic carbocycles. The molecule has 0 bridgehead atoms. The van der Waals surface area contributed by atoms with E-state index in [1.165, 1.54) is 11.1 Å². The van der Waals surface area contributed by atoms with Crippen LogP contribution in [0.15, 0.2) is 54.7 Å². The number of benzene rings is 1. The van der Waals surface area contributed by atoms with Gasteiger partial charge in [-0.1, -0.05) is 36.4 Å². The third-order valence-electron chi connectivity index (χ3n) is 5.41. The van der Waals surface area contributed by atoms with E-state index in [1.807, 2.05) is 41.1 Å². The summed E-state index contributed by atoms with van der Waals surface area (Å²) in [6.07, 6.45) is 9.07. The minimum atomic E-state index is -0.0631. The SMILES string of the molecule is CN1CC(=O)Nc2ncc(/C=C/C(=O)N3CCC=C(c4ccccc4)CC3)cc2C1. The molecule has 2 aromatic rings. The number of aromatic nitrogens is 1. The lowest BCUT2D eigenvalue weighted by atomic mass is 10.0. The first kappa shape index (κ1) is 20.0. The van der Waals surface area contributed by atoms with Crippen molar-refractivity contribution in [3.63, 3.8) is 0 Å². The zero-order chi connectivity index (χ0) is 20.9. The van der Waals surface area contributed by atoms with Gasteiger partial charge in [0, 0.05) is 37.5 Å². The van der Waals surface area contributed by atoms with Crippen LogP contribution in [0.1, 0.15) is 29.5 Å². The van der Waals surface area contributed by atoms with Gasteiger partial charge in [0.05, 0.1) is 6.54 Å². The zero-order valence-electron chi connectivity index (χ0n) is 17.2. The second-order valence-electron chi connectivity index (χ2n) is 7.79. The quantitative estimate of drug-likeness (QED) is 0.801. The third-order valence-corrected chi connectivity index (χ3v) is 5.41. The number of hydrogen-bond donors (Lipinski definition) is 1. The number of nitrogens with zero attached hydrogens (tertiary/aromatic N) is 3. The van der Waals surface area contributed by atoms with E-state index in [0.717, 1.165) is 30.5 Å². The second-order valence-corrected chi connectivity index (χ2v) is 7.79. The van der Waals surface area contributed by atoms with Crippen molar-refractivity contribution in [2.24, 2.45) is 0 Å². The molecule has 0 aliphatic carbocycles. The predicted molar refractivity (Wildman–Crippen MR) is 118 cm³/mol. The van der Waals surface area contributed by atoms with Crippen molar-refractivity contribution in [1.29, 1.82) is 0 Å². The molecule has 6 heteroatoms. The van der Waals surface area contributed by atoms with Crippen molar-refractivity contribution in [3.8, 4) is 0 Å². The molecule has 4 rings (SSSR count). The number of amides is 2. The van der Waals surface area contributed by atoms with Gasteiger partial charge in [-0.3, -0.25) is 14.5 Å². The number of nitrogens with one attached hydrogen (secondary N) is 1. The lowest BCUT2D eigenvalue weighted by Gasteiger charge is -2.18. The Balaban J connectivity index is 1.40. The number of anilines is 1. The van der Waals surface area contributed by atoms with Gasteiger partial charge in [-0.15, -0.1) is 0 Å². The van der Waals surface area contributed by atoms with Crippen LogP contribution in [0.25, 0.3) is 11.6 Å². The Morgan fingerprint density at radius 2 is 2.00 bits per heavy atom. The van der Waals surface area contributed by atoms with Gasteiger partial charge in [0.2, 0.25) is 11.8 Å². The van der Waals surface area contributed by atoms with E-state index < -0.39 is 0 Å². The maximum atomic E-state index is 12.7. The van der Waals surface area contributed by atoms with Gasteiger partial charge < -0.3 is 10.2 Å². The van der Waals surface area contributed by atoms with Gasteiger partial charge in [-0.2, -0.15) is 0 Å². The number of carbonyl (C=O) groups is 2. The number of likely N-dealkylation sites (N-methyl/N-ethyl adjacent to an activating group) is 1. The Bertz CT molecular complexity index is 998. The van der Waals surface area contributed by atoms with Crippen molar-refractivity contribution >= 4 is 29.3 Å². The van der Waals surface area contributed by atoms with Crippen molar-refractivity contribution in [2.45, 2.75) is 19.4 Å². The van der Waals surface area contributed by atoms with Crippen molar-refractivity contribution in [2.75, 3.05) is 32.0 Å². The van der Waals surface area contributed by atoms with Gasteiger partial charge in [0.15, 0.2) is 0 Å². The highest BCUT2D eigenvalue weighted by Gasteiger charge is 2.18. The topological polar surface area (TPSA) is 65.5 Å². The van der Waals surface area contributed by atoms with Crippen molar-refractivity contribution in [1.82, 2.24) is 14.8 Å². The highest BCUT2D eigenvalue weighted by Crippen LogP contribution is 2.23. The normalized spacial score (nSPS) is 17.7. The Hall–Kier alpha value is -3.25. The van der Waals surface area contributed by atoms with Crippen LogP contribution in [0.4, 0.5) is 5.82 Å². The van der Waals surface area contributed by atoms with Crippen molar-refractivity contribution < 1.29 is 9.59 Å². The van der Waals surface area contributed by atoms with Crippen molar-refractivity contribution in [3.05, 3.63) is 71.4 Å². The molecule has 154 valence electrons. The van der Waals surface area contributed by atoms with Gasteiger partial charge in [-0.25, -0.2) is 4.98 Å². The summed E-state index contributed by atoms with van der Waals surface area (Å²) in [6.45, 7) is 2.41. The van der Waals surface area contributed by atoms with E-state index >= 15 is 0 Å². The third kappa shape index (κ3) is 4.83. The molecule has 0 saturated heterocycles. The molecule has 1 aromatic heterocycles. The maximum Gasteiger partial charge on any atom is 0.246 e. The summed E-state index contributed by atoms with van der Waals surface area (Å²) in [5.74, 6) is 0.546. The molecule has 2 amide bonds. The molecule has 0 fully saturated rings. The molecule has 3 heterocycles. The van der Waals surface area contributed by atoms with E-state index in [4.69, 9.17) is 0 Å². The first-order valence-electron chi connectivity index (χ1n) is 10.3. The maximum absolute atomic E-state index is 12.7. The summed E-state index contributed by atoms with van der Waals surface area (Å²) in [7, 11) is 1.90. The van der Waals surface area contributed by atoms with Crippen LogP contribution in [0.3, 0.4) is 0 Å². The average Bonchev–Trinajstić information content (AvgIpc) is 3.07. The number of pyridine rings is 1. The van der Waals surface area contributed by atoms with E-state index in [-0.39, 0.29) is 11.8 Å². The molecule has 0 unspecified atom stereocenters. The standard InChI is InChI=1S/C24H26N4O2/c1-27-16-21-14-18(15-25-24(21)26-22(29)17-27)9-10-23(30)28-12-5-8-20(11-13-28)19-6-3-2-4-7-19/h2-4,6-10,14-15H,5,11-13,16-17H2,1H3,(H,25,26,29)/b10-9+. The fourth-order valence-electron chi connectivity index (χ4n) is 3.89. The number of rotatable bonds is 3. The Labute approximate surface area is 176 Å². The van der Waals surface area contributed by atoms with Crippen LogP contribution in [-0.2, 0) is 16.1 Å². The van der Waals surface area contributed by atoms with Crippen LogP contribution >= 0.6 is 0 Å². The van der Waals surface area contributed by atoms with Crippen LogP contribution in [0, 0.1) is 0 Å². The number of fused-ring (bicyclic) bond motifs is 1. The summed E-state index contributed by atoms with van der Waals surface area (Å²) in [5, 5.41) is 2.82. The van der Waals surface area contributed by atoms with Gasteiger partial charge >= 0.3 is 0 Å². The van der Waals surface area contributed by atoms with Crippen LogP contribution < -0.4 is 5.32 Å². The Morgan fingerprint density at radius 3 is 2.83 bits per heavy atom. The molecule has 6 nitrogen and oxygen atoms in total. The molecule has 0 radical (unpaired) electrons. The lowest BCUT2D eigenvalue weighted by Crippen LogP contribution is -2.30. The molecular formula is C24H26N4O2. The summed E-state index contributed by atoms with van der Waals surface area (Å²) in [4.78, 5) is 32.8. The first-order valence-corrected chi connectivity index (χ1v) is 10.3. The van der Waals surface area contributed by atoms with Crippen LogP contribution in [-0.4, -0.2) is 53.3 Å². The fourth-order valence-corrected chi connectivity index (χ4v) is 3.89. The smallest absolute Gasteiger partial charge is 0.246 e. The lowest BCUT2D eigenvalue weighted by molar-refractivity contribution is -0.125. The second kappa shape index (κ2) is 9.05. The van der Waals surface area contributed by atoms with Gasteiger partial charge in [-0.05, 0) is 48.7 Å². The minimum absolute atomic E-state index is 0.0121. The molecular weight excluding hydrogens is 376 g/mol. The monoisotopic (exact) mass is 402 g/mol. The van der Waals surface area contributed by atoms with E-state index in [0.29, 0.717) is 25.5 Å². The van der Waals surface area contributed by atoms with E-state index in [2.05, 4.69) is 28.5 Å². The predicted octanol–water partition coefficient (Wildman–Crippen LogP) is 3.18. The Kier molecular flexibility index (Phi) is 6.05. The molecule has 0 spiro atoms. The van der Waals surface area contributed by atoms with Crippen LogP contribution in [0.5, 0.6) is 0 Å². The average molecular weight is 402 g/mol. The summed E-state index contributed by atoms with van der Waals surface area (Å²) >= 11 is 0. The molecule has 2 aliphatic heterocycles.